The summed E-state index contributed by atoms with van der Waals surface area (Å²) in [5.41, 5.74) is 2.30. The van der Waals surface area contributed by atoms with E-state index in [-0.39, 0.29) is 5.97 Å². The lowest BCUT2D eigenvalue weighted by atomic mass is 9.93. The van der Waals surface area contributed by atoms with E-state index in [1.807, 2.05) is 54.6 Å². The molecule has 3 aromatic carbocycles. The molecule has 0 N–H and O–H groups in total. The van der Waals surface area contributed by atoms with Gasteiger partial charge >= 0.3 is 5.97 Å². The quantitative estimate of drug-likeness (QED) is 0.596. The standard InChI is InChI=1S/C24H22O5/c1-26-18-13-20(27-2)19-15-22(29-24(25)17-11-7-4-8-12-17)23(28-21(19)14-18)16-9-5-3-6-10-16/h3-14,22-23H,15H2,1-2H3/t22-,23-/m1/s1. The molecule has 0 saturated heterocycles. The number of carbonyl (C=O) groups excluding carboxylic acids is 1. The molecule has 3 aromatic rings. The Morgan fingerprint density at radius 1 is 0.931 bits per heavy atom. The summed E-state index contributed by atoms with van der Waals surface area (Å²) in [6.45, 7) is 0. The molecule has 0 saturated carbocycles. The number of rotatable bonds is 5. The van der Waals surface area contributed by atoms with Crippen molar-refractivity contribution in [2.75, 3.05) is 14.2 Å². The molecule has 5 nitrogen and oxygen atoms in total. The van der Waals surface area contributed by atoms with Crippen LogP contribution in [0, 0.1) is 0 Å². The zero-order chi connectivity index (χ0) is 20.2. The maximum absolute atomic E-state index is 12.7. The fraction of sp³-hybridized carbons (Fsp3) is 0.208. The van der Waals surface area contributed by atoms with Crippen LogP contribution in [0.3, 0.4) is 0 Å². The molecule has 1 heterocycles. The number of hydrogen-bond acceptors (Lipinski definition) is 5. The minimum atomic E-state index is -0.500. The highest BCUT2D eigenvalue weighted by molar-refractivity contribution is 5.89. The zero-order valence-electron chi connectivity index (χ0n) is 16.3. The highest BCUT2D eigenvalue weighted by Gasteiger charge is 2.36. The topological polar surface area (TPSA) is 54.0 Å². The number of hydrogen-bond donors (Lipinski definition) is 0. The van der Waals surface area contributed by atoms with Crippen molar-refractivity contribution in [3.05, 3.63) is 89.5 Å². The van der Waals surface area contributed by atoms with Gasteiger partial charge in [0.25, 0.3) is 0 Å². The molecule has 0 spiro atoms. The molecule has 0 aromatic heterocycles. The van der Waals surface area contributed by atoms with E-state index in [4.69, 9.17) is 18.9 Å². The van der Waals surface area contributed by atoms with Crippen LogP contribution in [0.15, 0.2) is 72.8 Å². The molecule has 4 rings (SSSR count). The Morgan fingerprint density at radius 2 is 1.62 bits per heavy atom. The normalized spacial score (nSPS) is 17.6. The Labute approximate surface area is 169 Å². The van der Waals surface area contributed by atoms with E-state index >= 15 is 0 Å². The van der Waals surface area contributed by atoms with Gasteiger partial charge in [0, 0.05) is 24.1 Å². The summed E-state index contributed by atoms with van der Waals surface area (Å²) in [6, 6.07) is 22.4. The van der Waals surface area contributed by atoms with Crippen molar-refractivity contribution in [1.29, 1.82) is 0 Å². The first kappa shape index (κ1) is 18.9. The number of esters is 1. The largest absolute Gasteiger partial charge is 0.496 e. The second-order valence-electron chi connectivity index (χ2n) is 6.77. The Morgan fingerprint density at radius 3 is 2.28 bits per heavy atom. The van der Waals surface area contributed by atoms with Crippen molar-refractivity contribution < 1.29 is 23.7 Å². The Balaban J connectivity index is 1.71. The minimum absolute atomic E-state index is 0.379. The summed E-state index contributed by atoms with van der Waals surface area (Å²) in [5, 5.41) is 0. The van der Waals surface area contributed by atoms with E-state index in [2.05, 4.69) is 0 Å². The number of benzene rings is 3. The molecule has 1 aliphatic heterocycles. The van der Waals surface area contributed by atoms with Gasteiger partial charge in [-0.15, -0.1) is 0 Å². The van der Waals surface area contributed by atoms with E-state index < -0.39 is 12.2 Å². The molecule has 0 bridgehead atoms. The van der Waals surface area contributed by atoms with Gasteiger partial charge in [-0.1, -0.05) is 48.5 Å². The average Bonchev–Trinajstić information content (AvgIpc) is 2.79. The van der Waals surface area contributed by atoms with Gasteiger partial charge in [-0.25, -0.2) is 4.79 Å². The van der Waals surface area contributed by atoms with Crippen LogP contribution in [0.2, 0.25) is 0 Å². The molecule has 29 heavy (non-hydrogen) atoms. The monoisotopic (exact) mass is 390 g/mol. The molecule has 148 valence electrons. The van der Waals surface area contributed by atoms with Crippen LogP contribution < -0.4 is 14.2 Å². The fourth-order valence-corrected chi connectivity index (χ4v) is 3.53. The lowest BCUT2D eigenvalue weighted by molar-refractivity contribution is -0.0187. The van der Waals surface area contributed by atoms with Gasteiger partial charge in [-0.2, -0.15) is 0 Å². The predicted molar refractivity (Wildman–Crippen MR) is 109 cm³/mol. The minimum Gasteiger partial charge on any atom is -0.496 e. The van der Waals surface area contributed by atoms with Gasteiger partial charge < -0.3 is 18.9 Å². The summed E-state index contributed by atoms with van der Waals surface area (Å²) in [5.74, 6) is 1.58. The molecule has 0 amide bonds. The molecule has 0 radical (unpaired) electrons. The van der Waals surface area contributed by atoms with E-state index in [1.165, 1.54) is 0 Å². The lowest BCUT2D eigenvalue weighted by Crippen LogP contribution is -2.35. The van der Waals surface area contributed by atoms with Gasteiger partial charge in [0.2, 0.25) is 0 Å². The van der Waals surface area contributed by atoms with E-state index in [1.54, 1.807) is 32.4 Å². The average molecular weight is 390 g/mol. The molecular formula is C24H22O5. The molecule has 2 atom stereocenters. The van der Waals surface area contributed by atoms with Gasteiger partial charge in [0.15, 0.2) is 6.10 Å². The maximum Gasteiger partial charge on any atom is 0.338 e. The second-order valence-corrected chi connectivity index (χ2v) is 6.77. The van der Waals surface area contributed by atoms with Crippen molar-refractivity contribution in [3.63, 3.8) is 0 Å². The first-order valence-corrected chi connectivity index (χ1v) is 9.42. The Kier molecular flexibility index (Phi) is 5.38. The van der Waals surface area contributed by atoms with E-state index in [9.17, 15) is 4.79 Å². The molecule has 0 aliphatic carbocycles. The number of carbonyl (C=O) groups is 1. The van der Waals surface area contributed by atoms with Gasteiger partial charge in [0.1, 0.15) is 23.4 Å². The summed E-state index contributed by atoms with van der Waals surface area (Å²) < 4.78 is 23.1. The third kappa shape index (κ3) is 3.90. The zero-order valence-corrected chi connectivity index (χ0v) is 16.3. The summed E-state index contributed by atoms with van der Waals surface area (Å²) in [4.78, 5) is 12.7. The van der Waals surface area contributed by atoms with Crippen molar-refractivity contribution in [2.45, 2.75) is 18.6 Å². The van der Waals surface area contributed by atoms with Crippen molar-refractivity contribution in [3.8, 4) is 17.2 Å². The van der Waals surface area contributed by atoms with Crippen LogP contribution in [0.25, 0.3) is 0 Å². The van der Waals surface area contributed by atoms with Crippen molar-refractivity contribution >= 4 is 5.97 Å². The number of fused-ring (bicyclic) bond motifs is 1. The first-order valence-electron chi connectivity index (χ1n) is 9.42. The molecular weight excluding hydrogens is 368 g/mol. The third-order valence-corrected chi connectivity index (χ3v) is 4.99. The molecule has 1 aliphatic rings. The lowest BCUT2D eigenvalue weighted by Gasteiger charge is -2.34. The second kappa shape index (κ2) is 8.27. The fourth-order valence-electron chi connectivity index (χ4n) is 3.53. The predicted octanol–water partition coefficient (Wildman–Crippen LogP) is 4.61. The van der Waals surface area contributed by atoms with E-state index in [0.29, 0.717) is 29.2 Å². The highest BCUT2D eigenvalue weighted by Crippen LogP contribution is 2.43. The van der Waals surface area contributed by atoms with Gasteiger partial charge in [-0.05, 0) is 17.7 Å². The van der Waals surface area contributed by atoms with Crippen LogP contribution in [-0.2, 0) is 11.2 Å². The summed E-state index contributed by atoms with van der Waals surface area (Å²) in [6.07, 6.45) is -0.464. The van der Waals surface area contributed by atoms with Gasteiger partial charge in [-0.3, -0.25) is 0 Å². The van der Waals surface area contributed by atoms with E-state index in [0.717, 1.165) is 11.1 Å². The Bertz CT molecular complexity index is 985. The first-order chi connectivity index (χ1) is 14.2. The Hall–Kier alpha value is -3.47. The summed E-state index contributed by atoms with van der Waals surface area (Å²) >= 11 is 0. The summed E-state index contributed by atoms with van der Waals surface area (Å²) in [7, 11) is 3.20. The van der Waals surface area contributed by atoms with Crippen LogP contribution in [0.5, 0.6) is 17.2 Å². The van der Waals surface area contributed by atoms with Crippen molar-refractivity contribution in [2.24, 2.45) is 0 Å². The number of ether oxygens (including phenoxy) is 4. The SMILES string of the molecule is COc1cc(OC)c2c(c1)O[C@H](c1ccccc1)[C@H](OC(=O)c1ccccc1)C2. The van der Waals surface area contributed by atoms with Gasteiger partial charge in [0.05, 0.1) is 19.8 Å². The molecule has 0 fully saturated rings. The smallest absolute Gasteiger partial charge is 0.338 e. The van der Waals surface area contributed by atoms with Crippen LogP contribution in [0.4, 0.5) is 0 Å². The maximum atomic E-state index is 12.7. The van der Waals surface area contributed by atoms with Crippen LogP contribution >= 0.6 is 0 Å². The number of methoxy groups -OCH3 is 2. The third-order valence-electron chi connectivity index (χ3n) is 4.99. The van der Waals surface area contributed by atoms with Crippen LogP contribution in [0.1, 0.15) is 27.6 Å². The molecule has 5 heteroatoms. The van der Waals surface area contributed by atoms with Crippen LogP contribution in [-0.4, -0.2) is 26.3 Å². The van der Waals surface area contributed by atoms with Crippen molar-refractivity contribution in [1.82, 2.24) is 0 Å². The highest BCUT2D eigenvalue weighted by atomic mass is 16.6. The molecule has 0 unspecified atom stereocenters.